The van der Waals surface area contributed by atoms with Crippen LogP contribution < -0.4 is 0 Å². The van der Waals surface area contributed by atoms with E-state index in [1.54, 1.807) is 0 Å². The fourth-order valence-electron chi connectivity index (χ4n) is 15.4. The van der Waals surface area contributed by atoms with Crippen molar-refractivity contribution in [3.8, 4) is 51.5 Å². The lowest BCUT2D eigenvalue weighted by molar-refractivity contribution is 1.00. The van der Waals surface area contributed by atoms with Crippen molar-refractivity contribution >= 4 is 152 Å². The van der Waals surface area contributed by atoms with E-state index in [2.05, 4.69) is 268 Å². The predicted octanol–water partition coefficient (Wildman–Crippen LogP) is 20.4. The van der Waals surface area contributed by atoms with Gasteiger partial charge in [0.1, 0.15) is 22.1 Å². The Hall–Kier alpha value is -13.1. The number of benzene rings is 14. The first-order valence-electron chi connectivity index (χ1n) is 31.9. The Morgan fingerprint density at radius 2 is 0.526 bits per heavy atom. The molecule has 0 atom stereocenters. The number of aromatic nitrogens is 11. The SMILES string of the molecule is c1ccc(-c2ccc3c(c2)c2cnc(-c4cccc(-c5ccc6c(c5)c5ccccc5n6-c5ncc6c(n5)c5nc(-n7c8ccccc8c8ccccc87)ncc5c5c7ccccc7c7ccccc7c65)c4)nc2c2nc(-n4c5ccccc5c5ccccc54)ncc32)cc1. The number of hydrogen-bond acceptors (Lipinski definition) is 8. The summed E-state index contributed by atoms with van der Waals surface area (Å²) in [5.74, 6) is 2.28. The summed E-state index contributed by atoms with van der Waals surface area (Å²) in [5, 5.41) is 19.2. The molecule has 14 aromatic carbocycles. The standard InChI is InChI=1S/C84H47N11/c1-2-19-48(20-3-1)50-37-39-55-63(42-50)66-44-85-81(89-77(66)78-65(55)45-86-82(90-78)93-69-32-13-8-25-56(69)57-26-9-14-33-70(57)93)52-22-18-21-49(41-52)51-38-40-74-64(43-51)60-29-12-17-36-73(60)95(74)84-88-47-68-76-62-31-7-5-24-54(62)53-23-4-6-30-61(53)75(76)67-46-87-83(91-79(67)80(68)92-84)94-71-34-15-10-27-58(71)59-28-11-16-35-72(59)94/h1-47H. The van der Waals surface area contributed by atoms with Gasteiger partial charge in [0.25, 0.3) is 0 Å². The van der Waals surface area contributed by atoms with E-state index in [0.717, 1.165) is 175 Å². The van der Waals surface area contributed by atoms with E-state index in [0.29, 0.717) is 23.7 Å². The van der Waals surface area contributed by atoms with Crippen LogP contribution in [0, 0.1) is 0 Å². The minimum Gasteiger partial charge on any atom is -0.278 e. The van der Waals surface area contributed by atoms with Crippen molar-refractivity contribution < 1.29 is 0 Å². The average Bonchev–Trinajstić information content (AvgIpc) is 1.06. The highest BCUT2D eigenvalue weighted by Gasteiger charge is 2.25. The second-order valence-electron chi connectivity index (χ2n) is 24.6. The van der Waals surface area contributed by atoms with Crippen LogP contribution in [-0.4, -0.2) is 53.6 Å². The summed E-state index contributed by atoms with van der Waals surface area (Å²) in [4.78, 5) is 43.3. The zero-order chi connectivity index (χ0) is 62.0. The summed E-state index contributed by atoms with van der Waals surface area (Å²) in [5.41, 5.74) is 14.3. The van der Waals surface area contributed by atoms with Gasteiger partial charge in [-0.1, -0.05) is 206 Å². The van der Waals surface area contributed by atoms with Gasteiger partial charge in [0, 0.05) is 95.0 Å². The maximum absolute atomic E-state index is 5.70. The smallest absolute Gasteiger partial charge is 0.235 e. The van der Waals surface area contributed by atoms with Gasteiger partial charge in [-0.3, -0.25) is 13.7 Å². The largest absolute Gasteiger partial charge is 0.278 e. The van der Waals surface area contributed by atoms with Gasteiger partial charge in [-0.25, -0.2) is 39.9 Å². The van der Waals surface area contributed by atoms with Crippen molar-refractivity contribution in [2.24, 2.45) is 0 Å². The lowest BCUT2D eigenvalue weighted by atomic mass is 9.90. The molecule has 11 nitrogen and oxygen atoms in total. The third kappa shape index (κ3) is 7.45. The number of hydrogen-bond donors (Lipinski definition) is 0. The maximum atomic E-state index is 5.70. The van der Waals surface area contributed by atoms with Gasteiger partial charge in [0.05, 0.1) is 33.1 Å². The van der Waals surface area contributed by atoms with E-state index in [1.165, 1.54) is 5.39 Å². The molecule has 0 aliphatic rings. The highest BCUT2D eigenvalue weighted by Crippen LogP contribution is 2.45. The third-order valence-electron chi connectivity index (χ3n) is 19.6. The van der Waals surface area contributed by atoms with Crippen molar-refractivity contribution in [3.05, 3.63) is 286 Å². The van der Waals surface area contributed by atoms with E-state index in [9.17, 15) is 0 Å². The van der Waals surface area contributed by atoms with Gasteiger partial charge in [-0.15, -0.1) is 0 Å². The fourth-order valence-corrected chi connectivity index (χ4v) is 15.4. The molecule has 7 aromatic heterocycles. The quantitative estimate of drug-likeness (QED) is 0.151. The Morgan fingerprint density at radius 3 is 1.05 bits per heavy atom. The third-order valence-corrected chi connectivity index (χ3v) is 19.6. The highest BCUT2D eigenvalue weighted by molar-refractivity contribution is 6.38. The van der Waals surface area contributed by atoms with Gasteiger partial charge < -0.3 is 0 Å². The van der Waals surface area contributed by atoms with Crippen LogP contribution in [0.3, 0.4) is 0 Å². The van der Waals surface area contributed by atoms with Gasteiger partial charge in [0.2, 0.25) is 17.8 Å². The molecule has 0 unspecified atom stereocenters. The summed E-state index contributed by atoms with van der Waals surface area (Å²) in [6.45, 7) is 0. The minimum absolute atomic E-state index is 0.540. The summed E-state index contributed by atoms with van der Waals surface area (Å²) in [6.07, 6.45) is 7.98. The molecule has 0 radical (unpaired) electrons. The van der Waals surface area contributed by atoms with Crippen molar-refractivity contribution in [3.63, 3.8) is 0 Å². The van der Waals surface area contributed by atoms with Gasteiger partial charge in [-0.05, 0) is 109 Å². The summed E-state index contributed by atoms with van der Waals surface area (Å²) in [6, 6.07) is 92.1. The van der Waals surface area contributed by atoms with Crippen LogP contribution in [0.15, 0.2) is 286 Å². The molecule has 21 rings (SSSR count). The molecule has 95 heavy (non-hydrogen) atoms. The molecule has 0 aliphatic heterocycles. The normalized spacial score (nSPS) is 12.2. The number of rotatable bonds is 6. The van der Waals surface area contributed by atoms with Crippen LogP contribution in [0.5, 0.6) is 0 Å². The Kier molecular flexibility index (Phi) is 10.7. The molecule has 0 fully saturated rings. The first-order valence-corrected chi connectivity index (χ1v) is 31.9. The van der Waals surface area contributed by atoms with E-state index in [4.69, 9.17) is 39.9 Å². The van der Waals surface area contributed by atoms with Crippen LogP contribution >= 0.6 is 0 Å². The Labute approximate surface area is 539 Å². The van der Waals surface area contributed by atoms with Crippen molar-refractivity contribution in [2.75, 3.05) is 0 Å². The van der Waals surface area contributed by atoms with Gasteiger partial charge >= 0.3 is 0 Å². The fraction of sp³-hybridized carbons (Fsp3) is 0. The summed E-state index contributed by atoms with van der Waals surface area (Å²) < 4.78 is 6.54. The maximum Gasteiger partial charge on any atom is 0.235 e. The lowest BCUT2D eigenvalue weighted by Crippen LogP contribution is -2.04. The van der Waals surface area contributed by atoms with Crippen LogP contribution in [0.4, 0.5) is 0 Å². The first-order chi connectivity index (χ1) is 47.1. The molecule has 0 amide bonds. The summed E-state index contributed by atoms with van der Waals surface area (Å²) in [7, 11) is 0. The molecule has 438 valence electrons. The van der Waals surface area contributed by atoms with Crippen molar-refractivity contribution in [1.82, 2.24) is 53.6 Å². The zero-order valence-electron chi connectivity index (χ0n) is 50.6. The monoisotopic (exact) mass is 1210 g/mol. The van der Waals surface area contributed by atoms with Crippen LogP contribution in [-0.2, 0) is 0 Å². The Balaban J connectivity index is 0.737. The average molecular weight is 1210 g/mol. The number of para-hydroxylation sites is 5. The molecule has 0 N–H and O–H groups in total. The van der Waals surface area contributed by atoms with E-state index >= 15 is 0 Å². The predicted molar refractivity (Wildman–Crippen MR) is 388 cm³/mol. The second-order valence-corrected chi connectivity index (χ2v) is 24.6. The minimum atomic E-state index is 0.540. The van der Waals surface area contributed by atoms with Gasteiger partial charge in [-0.2, -0.15) is 0 Å². The van der Waals surface area contributed by atoms with E-state index in [-0.39, 0.29) is 0 Å². The molecule has 0 saturated heterocycles. The molecule has 0 aliphatic carbocycles. The van der Waals surface area contributed by atoms with Crippen molar-refractivity contribution in [2.45, 2.75) is 0 Å². The molecular weight excluding hydrogens is 1160 g/mol. The summed E-state index contributed by atoms with van der Waals surface area (Å²) >= 11 is 0. The number of nitrogens with zero attached hydrogens (tertiary/aromatic N) is 11. The molecule has 0 saturated carbocycles. The Morgan fingerprint density at radius 1 is 0.189 bits per heavy atom. The topological polar surface area (TPSA) is 118 Å². The second kappa shape index (κ2) is 19.7. The van der Waals surface area contributed by atoms with Gasteiger partial charge in [0.15, 0.2) is 5.82 Å². The number of fused-ring (bicyclic) bond motifs is 26. The van der Waals surface area contributed by atoms with E-state index in [1.807, 2.05) is 30.9 Å². The van der Waals surface area contributed by atoms with Crippen molar-refractivity contribution in [1.29, 1.82) is 0 Å². The molecule has 11 heteroatoms. The lowest BCUT2D eigenvalue weighted by Gasteiger charge is -2.16. The first kappa shape index (κ1) is 51.6. The van der Waals surface area contributed by atoms with Crippen LogP contribution in [0.25, 0.3) is 204 Å². The molecule has 7 heterocycles. The molecule has 0 bridgehead atoms. The highest BCUT2D eigenvalue weighted by atomic mass is 15.2. The van der Waals surface area contributed by atoms with E-state index < -0.39 is 0 Å². The molecular formula is C84H47N11. The molecule has 0 spiro atoms. The zero-order valence-corrected chi connectivity index (χ0v) is 50.6. The van der Waals surface area contributed by atoms with Crippen LogP contribution in [0.1, 0.15) is 0 Å². The molecule has 21 aromatic rings. The van der Waals surface area contributed by atoms with Crippen LogP contribution in [0.2, 0.25) is 0 Å². The Bertz CT molecular complexity index is 6820.